The Kier molecular flexibility index (Phi) is 3.84. The van der Waals surface area contributed by atoms with Crippen LogP contribution in [0.5, 0.6) is 5.75 Å². The number of ether oxygens (including phenoxy) is 1. The Balaban J connectivity index is 2.12. The Bertz CT molecular complexity index is 743. The first-order valence-electron chi connectivity index (χ1n) is 6.60. The minimum Gasteiger partial charge on any atom is -0.497 e. The van der Waals surface area contributed by atoms with Gasteiger partial charge in [0.15, 0.2) is 6.29 Å². The molecule has 0 unspecified atom stereocenters. The van der Waals surface area contributed by atoms with E-state index in [4.69, 9.17) is 4.74 Å². The second kappa shape index (κ2) is 5.94. The summed E-state index contributed by atoms with van der Waals surface area (Å²) in [5.74, 6) is 0.826. The highest BCUT2D eigenvalue weighted by Gasteiger charge is 2.12. The highest BCUT2D eigenvalue weighted by atomic mass is 32.1. The summed E-state index contributed by atoms with van der Waals surface area (Å²) < 4.78 is 5.19. The molecule has 1 heterocycles. The molecule has 3 rings (SSSR count). The number of rotatable bonds is 4. The number of carbonyl (C=O) groups is 1. The molecule has 0 saturated carbocycles. The first-order valence-corrected chi connectivity index (χ1v) is 7.42. The molecule has 2 aromatic carbocycles. The van der Waals surface area contributed by atoms with Crippen LogP contribution in [0.3, 0.4) is 0 Å². The van der Waals surface area contributed by atoms with Crippen molar-refractivity contribution in [1.82, 2.24) is 0 Å². The summed E-state index contributed by atoms with van der Waals surface area (Å²) in [6.45, 7) is 0. The van der Waals surface area contributed by atoms with E-state index in [1.54, 1.807) is 7.11 Å². The van der Waals surface area contributed by atoms with Gasteiger partial charge in [0.2, 0.25) is 0 Å². The van der Waals surface area contributed by atoms with Crippen LogP contribution in [0.25, 0.3) is 21.6 Å². The summed E-state index contributed by atoms with van der Waals surface area (Å²) in [5, 5.41) is 0. The largest absolute Gasteiger partial charge is 0.497 e. The molecule has 21 heavy (non-hydrogen) atoms. The van der Waals surface area contributed by atoms with E-state index in [2.05, 4.69) is 12.1 Å². The van der Waals surface area contributed by atoms with Crippen LogP contribution in [0.1, 0.15) is 9.67 Å². The van der Waals surface area contributed by atoms with Crippen molar-refractivity contribution in [3.8, 4) is 27.3 Å². The van der Waals surface area contributed by atoms with Gasteiger partial charge in [0.25, 0.3) is 0 Å². The molecule has 3 heteroatoms. The molecule has 104 valence electrons. The van der Waals surface area contributed by atoms with Gasteiger partial charge in [-0.1, -0.05) is 30.3 Å². The van der Waals surface area contributed by atoms with Gasteiger partial charge in [0.05, 0.1) is 12.0 Å². The van der Waals surface area contributed by atoms with Gasteiger partial charge in [-0.25, -0.2) is 0 Å². The molecule has 3 aromatic rings. The smallest absolute Gasteiger partial charge is 0.160 e. The van der Waals surface area contributed by atoms with Crippen molar-refractivity contribution in [2.45, 2.75) is 0 Å². The first-order chi connectivity index (χ1) is 10.3. The zero-order valence-electron chi connectivity index (χ0n) is 11.6. The van der Waals surface area contributed by atoms with Gasteiger partial charge in [0, 0.05) is 10.4 Å². The maximum atomic E-state index is 11.1. The Morgan fingerprint density at radius 1 is 0.952 bits per heavy atom. The minimum atomic E-state index is 0.736. The normalized spacial score (nSPS) is 10.3. The molecule has 0 spiro atoms. The van der Waals surface area contributed by atoms with Crippen LogP contribution >= 0.6 is 11.3 Å². The number of carbonyl (C=O) groups excluding carboxylic acids is 1. The van der Waals surface area contributed by atoms with E-state index in [9.17, 15) is 4.79 Å². The van der Waals surface area contributed by atoms with E-state index in [1.165, 1.54) is 11.3 Å². The van der Waals surface area contributed by atoms with Crippen molar-refractivity contribution < 1.29 is 9.53 Å². The summed E-state index contributed by atoms with van der Waals surface area (Å²) >= 11 is 1.51. The summed E-state index contributed by atoms with van der Waals surface area (Å²) in [7, 11) is 1.65. The van der Waals surface area contributed by atoms with Crippen molar-refractivity contribution in [2.75, 3.05) is 7.11 Å². The van der Waals surface area contributed by atoms with Gasteiger partial charge in [-0.05, 0) is 41.5 Å². The van der Waals surface area contributed by atoms with Crippen LogP contribution in [0, 0.1) is 0 Å². The van der Waals surface area contributed by atoms with Crippen molar-refractivity contribution in [3.05, 3.63) is 65.5 Å². The molecular formula is C18H14O2S. The van der Waals surface area contributed by atoms with Crippen LogP contribution in [0.4, 0.5) is 0 Å². The molecule has 0 atom stereocenters. The lowest BCUT2D eigenvalue weighted by Gasteiger charge is -2.05. The molecule has 0 aliphatic heterocycles. The van der Waals surface area contributed by atoms with Crippen LogP contribution < -0.4 is 4.74 Å². The van der Waals surface area contributed by atoms with E-state index in [0.717, 1.165) is 38.5 Å². The van der Waals surface area contributed by atoms with Gasteiger partial charge in [-0.3, -0.25) is 4.79 Å². The lowest BCUT2D eigenvalue weighted by Crippen LogP contribution is -1.82. The Morgan fingerprint density at radius 3 is 2.29 bits per heavy atom. The topological polar surface area (TPSA) is 26.3 Å². The molecule has 0 aliphatic carbocycles. The van der Waals surface area contributed by atoms with Crippen molar-refractivity contribution in [2.24, 2.45) is 0 Å². The van der Waals surface area contributed by atoms with E-state index in [-0.39, 0.29) is 0 Å². The first kappa shape index (κ1) is 13.6. The monoisotopic (exact) mass is 294 g/mol. The SMILES string of the molecule is COc1ccc(-c2sc(C=O)cc2-c2ccccc2)cc1. The quantitative estimate of drug-likeness (QED) is 0.639. The fourth-order valence-corrected chi connectivity index (χ4v) is 3.26. The zero-order valence-corrected chi connectivity index (χ0v) is 12.4. The lowest BCUT2D eigenvalue weighted by atomic mass is 10.0. The van der Waals surface area contributed by atoms with Gasteiger partial charge >= 0.3 is 0 Å². The number of thiophene rings is 1. The Hall–Kier alpha value is -2.39. The Morgan fingerprint density at radius 2 is 1.67 bits per heavy atom. The number of aldehydes is 1. The average molecular weight is 294 g/mol. The van der Waals surface area contributed by atoms with Crippen LogP contribution in [0.2, 0.25) is 0 Å². The molecule has 0 fully saturated rings. The minimum absolute atomic E-state index is 0.736. The third-order valence-corrected chi connectivity index (χ3v) is 4.41. The maximum absolute atomic E-state index is 11.1. The predicted molar refractivity (Wildman–Crippen MR) is 87.1 cm³/mol. The molecule has 0 N–H and O–H groups in total. The fraction of sp³-hybridized carbons (Fsp3) is 0.0556. The molecule has 2 nitrogen and oxygen atoms in total. The average Bonchev–Trinajstić information content (AvgIpc) is 3.00. The molecule has 1 aromatic heterocycles. The molecule has 0 radical (unpaired) electrons. The van der Waals surface area contributed by atoms with Crippen molar-refractivity contribution >= 4 is 17.6 Å². The molecule has 0 aliphatic rings. The summed E-state index contributed by atoms with van der Waals surface area (Å²) in [6.07, 6.45) is 0.907. The number of hydrogen-bond donors (Lipinski definition) is 0. The van der Waals surface area contributed by atoms with E-state index >= 15 is 0 Å². The summed E-state index contributed by atoms with van der Waals surface area (Å²) in [5.41, 5.74) is 3.30. The van der Waals surface area contributed by atoms with E-state index in [1.807, 2.05) is 48.5 Å². The number of methoxy groups -OCH3 is 1. The predicted octanol–water partition coefficient (Wildman–Crippen LogP) is 4.90. The van der Waals surface area contributed by atoms with Gasteiger partial charge in [0.1, 0.15) is 5.75 Å². The number of benzene rings is 2. The van der Waals surface area contributed by atoms with Crippen molar-refractivity contribution in [1.29, 1.82) is 0 Å². The maximum Gasteiger partial charge on any atom is 0.160 e. The van der Waals surface area contributed by atoms with E-state index in [0.29, 0.717) is 0 Å². The zero-order chi connectivity index (χ0) is 14.7. The molecule has 0 amide bonds. The van der Waals surface area contributed by atoms with Crippen LogP contribution in [0.15, 0.2) is 60.7 Å². The molecule has 0 saturated heterocycles. The second-order valence-electron chi connectivity index (χ2n) is 4.60. The fourth-order valence-electron chi connectivity index (χ4n) is 2.26. The number of hydrogen-bond acceptors (Lipinski definition) is 3. The third-order valence-electron chi connectivity index (χ3n) is 3.30. The van der Waals surface area contributed by atoms with E-state index < -0.39 is 0 Å². The van der Waals surface area contributed by atoms with Gasteiger partial charge < -0.3 is 4.74 Å². The van der Waals surface area contributed by atoms with Gasteiger partial charge in [-0.15, -0.1) is 11.3 Å². The van der Waals surface area contributed by atoms with Gasteiger partial charge in [-0.2, -0.15) is 0 Å². The third kappa shape index (κ3) is 2.73. The lowest BCUT2D eigenvalue weighted by molar-refractivity contribution is 0.112. The summed E-state index contributed by atoms with van der Waals surface area (Å²) in [4.78, 5) is 13.0. The summed E-state index contributed by atoms with van der Waals surface area (Å²) in [6, 6.07) is 20.0. The molecular weight excluding hydrogens is 280 g/mol. The van der Waals surface area contributed by atoms with Crippen molar-refractivity contribution in [3.63, 3.8) is 0 Å². The van der Waals surface area contributed by atoms with Crippen LogP contribution in [-0.4, -0.2) is 13.4 Å². The highest BCUT2D eigenvalue weighted by molar-refractivity contribution is 7.17. The highest BCUT2D eigenvalue weighted by Crippen LogP contribution is 2.39. The van der Waals surface area contributed by atoms with Crippen LogP contribution in [-0.2, 0) is 0 Å². The molecule has 0 bridgehead atoms. The Labute approximate surface area is 127 Å². The second-order valence-corrected chi connectivity index (χ2v) is 5.69. The standard InChI is InChI=1S/C18H14O2S/c1-20-15-9-7-14(8-10-15)18-17(11-16(12-19)21-18)13-5-3-2-4-6-13/h2-12H,1H3.